The van der Waals surface area contributed by atoms with E-state index in [0.29, 0.717) is 5.89 Å². The van der Waals surface area contributed by atoms with Crippen molar-refractivity contribution in [1.29, 1.82) is 0 Å². The first-order valence-corrected chi connectivity index (χ1v) is 10.0. The zero-order valence-electron chi connectivity index (χ0n) is 16.2. The lowest BCUT2D eigenvalue weighted by Gasteiger charge is -2.04. The fourth-order valence-corrected chi connectivity index (χ4v) is 3.77. The standard InChI is InChI=1S/C22H18FN5OS/c1-2-11-28-20(21-24-25-22(30)29-21)12-18(26-28)17-13-27(15-9-7-14(23)8-10-15)19-6-4-3-5-16(17)19/h3-10,12-13H,2,11H2,1H3,(H,25,30). The van der Waals surface area contributed by atoms with Gasteiger partial charge in [-0.1, -0.05) is 25.1 Å². The first-order valence-electron chi connectivity index (χ1n) is 9.64. The minimum atomic E-state index is -0.262. The van der Waals surface area contributed by atoms with Gasteiger partial charge in [-0.3, -0.25) is 4.68 Å². The summed E-state index contributed by atoms with van der Waals surface area (Å²) in [5.41, 5.74) is 4.44. The van der Waals surface area contributed by atoms with E-state index in [-0.39, 0.29) is 10.7 Å². The maximum absolute atomic E-state index is 13.4. The molecule has 1 N–H and O–H groups in total. The van der Waals surface area contributed by atoms with Crippen molar-refractivity contribution in [3.63, 3.8) is 0 Å². The maximum Gasteiger partial charge on any atom is 0.284 e. The molecule has 0 saturated carbocycles. The molecule has 5 rings (SSSR count). The van der Waals surface area contributed by atoms with Crippen LogP contribution in [0.5, 0.6) is 0 Å². The van der Waals surface area contributed by atoms with Gasteiger partial charge in [-0.25, -0.2) is 9.49 Å². The van der Waals surface area contributed by atoms with Crippen LogP contribution >= 0.6 is 12.2 Å². The summed E-state index contributed by atoms with van der Waals surface area (Å²) in [6.45, 7) is 2.81. The molecule has 0 spiro atoms. The van der Waals surface area contributed by atoms with Crippen LogP contribution < -0.4 is 0 Å². The number of rotatable bonds is 5. The average Bonchev–Trinajstić information content (AvgIpc) is 3.46. The van der Waals surface area contributed by atoms with E-state index >= 15 is 0 Å². The lowest BCUT2D eigenvalue weighted by molar-refractivity contribution is 0.533. The molecular weight excluding hydrogens is 401 g/mol. The summed E-state index contributed by atoms with van der Waals surface area (Å²) < 4.78 is 22.9. The number of hydrogen-bond donors (Lipinski definition) is 1. The number of halogens is 1. The minimum Gasteiger partial charge on any atom is -0.408 e. The van der Waals surface area contributed by atoms with Gasteiger partial charge < -0.3 is 8.98 Å². The highest BCUT2D eigenvalue weighted by Crippen LogP contribution is 2.34. The zero-order valence-corrected chi connectivity index (χ0v) is 17.0. The van der Waals surface area contributed by atoms with E-state index in [1.807, 2.05) is 39.7 Å². The van der Waals surface area contributed by atoms with E-state index in [0.717, 1.165) is 46.5 Å². The molecule has 0 unspecified atom stereocenters. The van der Waals surface area contributed by atoms with Gasteiger partial charge >= 0.3 is 0 Å². The third-order valence-corrected chi connectivity index (χ3v) is 5.14. The normalized spacial score (nSPS) is 11.4. The number of aromatic amines is 1. The number of H-pyrrole nitrogens is 1. The summed E-state index contributed by atoms with van der Waals surface area (Å²) in [4.78, 5) is 0.226. The van der Waals surface area contributed by atoms with Crippen LogP contribution in [-0.4, -0.2) is 24.5 Å². The molecule has 0 saturated heterocycles. The first-order chi connectivity index (χ1) is 14.6. The molecule has 0 aliphatic heterocycles. The number of para-hydroxylation sites is 1. The Morgan fingerprint density at radius 2 is 1.93 bits per heavy atom. The molecule has 6 nitrogen and oxygen atoms in total. The highest BCUT2D eigenvalue weighted by Gasteiger charge is 2.19. The zero-order chi connectivity index (χ0) is 20.7. The molecular formula is C22H18FN5OS. The number of nitrogens with one attached hydrogen (secondary N) is 1. The fraction of sp³-hybridized carbons (Fsp3) is 0.136. The van der Waals surface area contributed by atoms with Crippen molar-refractivity contribution in [3.8, 4) is 28.5 Å². The molecule has 0 amide bonds. The largest absolute Gasteiger partial charge is 0.408 e. The quantitative estimate of drug-likeness (QED) is 0.368. The van der Waals surface area contributed by atoms with E-state index in [1.165, 1.54) is 12.1 Å². The molecule has 0 atom stereocenters. The highest BCUT2D eigenvalue weighted by atomic mass is 32.1. The second kappa shape index (κ2) is 7.38. The lowest BCUT2D eigenvalue weighted by atomic mass is 10.1. The van der Waals surface area contributed by atoms with Crippen LogP contribution in [0.25, 0.3) is 39.4 Å². The molecule has 0 aliphatic rings. The van der Waals surface area contributed by atoms with E-state index in [2.05, 4.69) is 23.2 Å². The SMILES string of the molecule is CCCn1nc(-c2cn(-c3ccc(F)cc3)c3ccccc23)cc1-c1n[nH]c(=S)o1. The number of nitrogens with zero attached hydrogens (tertiary/aromatic N) is 4. The summed E-state index contributed by atoms with van der Waals surface area (Å²) in [5, 5.41) is 12.7. The van der Waals surface area contributed by atoms with Crippen LogP contribution in [0, 0.1) is 10.7 Å². The predicted octanol–water partition coefficient (Wildman–Crippen LogP) is 5.76. The van der Waals surface area contributed by atoms with Gasteiger partial charge in [0.05, 0.1) is 11.2 Å². The molecule has 0 radical (unpaired) electrons. The smallest absolute Gasteiger partial charge is 0.284 e. The van der Waals surface area contributed by atoms with Crippen LogP contribution in [-0.2, 0) is 6.54 Å². The third-order valence-electron chi connectivity index (χ3n) is 4.97. The van der Waals surface area contributed by atoms with Crippen molar-refractivity contribution in [1.82, 2.24) is 24.5 Å². The second-order valence-corrected chi connectivity index (χ2v) is 7.33. The van der Waals surface area contributed by atoms with Crippen LogP contribution in [0.15, 0.2) is 65.2 Å². The maximum atomic E-state index is 13.4. The van der Waals surface area contributed by atoms with E-state index in [1.54, 1.807) is 12.1 Å². The summed E-state index contributed by atoms with van der Waals surface area (Å²) >= 11 is 5.03. The van der Waals surface area contributed by atoms with Crippen molar-refractivity contribution >= 4 is 23.1 Å². The van der Waals surface area contributed by atoms with Crippen LogP contribution in [0.2, 0.25) is 0 Å². The lowest BCUT2D eigenvalue weighted by Crippen LogP contribution is -2.01. The Morgan fingerprint density at radius 3 is 2.67 bits per heavy atom. The highest BCUT2D eigenvalue weighted by molar-refractivity contribution is 7.71. The van der Waals surface area contributed by atoms with Gasteiger partial charge in [-0.05, 0) is 55.0 Å². The fourth-order valence-electron chi connectivity index (χ4n) is 3.64. The second-order valence-electron chi connectivity index (χ2n) is 6.96. The predicted molar refractivity (Wildman–Crippen MR) is 115 cm³/mol. The Kier molecular flexibility index (Phi) is 4.55. The van der Waals surface area contributed by atoms with Crippen molar-refractivity contribution < 1.29 is 8.81 Å². The topological polar surface area (TPSA) is 64.6 Å². The molecule has 5 aromatic rings. The molecule has 30 heavy (non-hydrogen) atoms. The Hall–Kier alpha value is -3.52. The van der Waals surface area contributed by atoms with Gasteiger partial charge in [0.1, 0.15) is 11.5 Å². The number of aryl methyl sites for hydroxylation is 1. The van der Waals surface area contributed by atoms with Crippen molar-refractivity contribution in [3.05, 3.63) is 71.4 Å². The first kappa shape index (κ1) is 18.5. The van der Waals surface area contributed by atoms with Crippen LogP contribution in [0.3, 0.4) is 0 Å². The van der Waals surface area contributed by atoms with Crippen molar-refractivity contribution in [2.45, 2.75) is 19.9 Å². The molecule has 8 heteroatoms. The Morgan fingerprint density at radius 1 is 1.13 bits per heavy atom. The summed E-state index contributed by atoms with van der Waals surface area (Å²) in [7, 11) is 0. The minimum absolute atomic E-state index is 0.226. The Balaban J connectivity index is 1.70. The Bertz CT molecular complexity index is 1390. The van der Waals surface area contributed by atoms with Crippen molar-refractivity contribution in [2.75, 3.05) is 0 Å². The third kappa shape index (κ3) is 3.15. The van der Waals surface area contributed by atoms with Crippen molar-refractivity contribution in [2.24, 2.45) is 0 Å². The summed E-state index contributed by atoms with van der Waals surface area (Å²) in [6, 6.07) is 16.5. The number of aromatic nitrogens is 5. The molecule has 150 valence electrons. The molecule has 3 heterocycles. The monoisotopic (exact) mass is 419 g/mol. The van der Waals surface area contributed by atoms with Gasteiger partial charge in [-0.2, -0.15) is 5.10 Å². The van der Waals surface area contributed by atoms with Gasteiger partial charge in [0.15, 0.2) is 0 Å². The van der Waals surface area contributed by atoms with Gasteiger partial charge in [0, 0.05) is 29.4 Å². The Labute approximate surface area is 176 Å². The molecule has 0 bridgehead atoms. The molecule has 3 aromatic heterocycles. The van der Waals surface area contributed by atoms with Crippen LogP contribution in [0.4, 0.5) is 4.39 Å². The van der Waals surface area contributed by atoms with Gasteiger partial charge in [-0.15, -0.1) is 5.10 Å². The summed E-state index contributed by atoms with van der Waals surface area (Å²) in [5.74, 6) is 0.150. The average molecular weight is 419 g/mol. The van der Waals surface area contributed by atoms with Crippen LogP contribution in [0.1, 0.15) is 13.3 Å². The number of fused-ring (bicyclic) bond motifs is 1. The number of benzene rings is 2. The molecule has 0 aliphatic carbocycles. The molecule has 0 fully saturated rings. The van der Waals surface area contributed by atoms with E-state index in [4.69, 9.17) is 21.7 Å². The summed E-state index contributed by atoms with van der Waals surface area (Å²) in [6.07, 6.45) is 2.94. The van der Waals surface area contributed by atoms with E-state index in [9.17, 15) is 4.39 Å². The van der Waals surface area contributed by atoms with E-state index < -0.39 is 0 Å². The van der Waals surface area contributed by atoms with Gasteiger partial charge in [0.25, 0.3) is 10.7 Å². The number of hydrogen-bond acceptors (Lipinski definition) is 4. The molecule has 2 aromatic carbocycles. The van der Waals surface area contributed by atoms with Gasteiger partial charge in [0.2, 0.25) is 0 Å².